The SMILES string of the molecule is COc1ccc(F)c(F)c1C1=CCN(C(=O)O)CC1. The first-order valence-corrected chi connectivity index (χ1v) is 5.74. The summed E-state index contributed by atoms with van der Waals surface area (Å²) in [6.07, 6.45) is 0.878. The molecule has 0 unspecified atom stereocenters. The molecule has 1 N–H and O–H groups in total. The lowest BCUT2D eigenvalue weighted by Gasteiger charge is -2.24. The number of ether oxygens (including phenoxy) is 1. The summed E-state index contributed by atoms with van der Waals surface area (Å²) in [7, 11) is 1.38. The van der Waals surface area contributed by atoms with Gasteiger partial charge in [0.2, 0.25) is 0 Å². The number of amides is 1. The van der Waals surface area contributed by atoms with E-state index in [-0.39, 0.29) is 24.4 Å². The molecule has 0 spiro atoms. The highest BCUT2D eigenvalue weighted by Crippen LogP contribution is 2.33. The molecule has 0 fully saturated rings. The summed E-state index contributed by atoms with van der Waals surface area (Å²) < 4.78 is 32.2. The van der Waals surface area contributed by atoms with E-state index in [1.165, 1.54) is 18.1 Å². The smallest absolute Gasteiger partial charge is 0.407 e. The number of hydrogen-bond donors (Lipinski definition) is 1. The number of benzene rings is 1. The molecule has 1 aliphatic heterocycles. The molecule has 1 aliphatic rings. The minimum absolute atomic E-state index is 0.0764. The largest absolute Gasteiger partial charge is 0.496 e. The second-order valence-electron chi connectivity index (χ2n) is 4.15. The predicted molar refractivity (Wildman–Crippen MR) is 65.1 cm³/mol. The molecule has 6 heteroatoms. The summed E-state index contributed by atoms with van der Waals surface area (Å²) in [5, 5.41) is 8.83. The molecule has 19 heavy (non-hydrogen) atoms. The fourth-order valence-corrected chi connectivity index (χ4v) is 2.07. The maximum Gasteiger partial charge on any atom is 0.407 e. The topological polar surface area (TPSA) is 49.8 Å². The molecule has 0 saturated heterocycles. The summed E-state index contributed by atoms with van der Waals surface area (Å²) in [4.78, 5) is 12.0. The lowest BCUT2D eigenvalue weighted by molar-refractivity contribution is 0.150. The van der Waals surface area contributed by atoms with Gasteiger partial charge in [-0.25, -0.2) is 13.6 Å². The highest BCUT2D eigenvalue weighted by molar-refractivity contribution is 5.74. The Hall–Kier alpha value is -2.11. The van der Waals surface area contributed by atoms with Gasteiger partial charge in [-0.05, 0) is 24.1 Å². The van der Waals surface area contributed by atoms with Gasteiger partial charge in [0.15, 0.2) is 11.6 Å². The van der Waals surface area contributed by atoms with Crippen LogP contribution in [-0.4, -0.2) is 36.3 Å². The van der Waals surface area contributed by atoms with Crippen LogP contribution in [0.3, 0.4) is 0 Å². The number of carboxylic acid groups (broad SMARTS) is 1. The van der Waals surface area contributed by atoms with Gasteiger partial charge >= 0.3 is 6.09 Å². The van der Waals surface area contributed by atoms with Crippen LogP contribution in [0.4, 0.5) is 13.6 Å². The average Bonchev–Trinajstić information content (AvgIpc) is 2.42. The van der Waals surface area contributed by atoms with Crippen LogP contribution in [0.2, 0.25) is 0 Å². The van der Waals surface area contributed by atoms with Gasteiger partial charge < -0.3 is 14.7 Å². The van der Waals surface area contributed by atoms with Gasteiger partial charge in [-0.3, -0.25) is 0 Å². The number of nitrogens with zero attached hydrogens (tertiary/aromatic N) is 1. The molecule has 102 valence electrons. The minimum Gasteiger partial charge on any atom is -0.496 e. The van der Waals surface area contributed by atoms with E-state index in [4.69, 9.17) is 9.84 Å². The first-order valence-electron chi connectivity index (χ1n) is 5.74. The molecular formula is C13H13F2NO3. The van der Waals surface area contributed by atoms with E-state index in [0.717, 1.165) is 6.07 Å². The van der Waals surface area contributed by atoms with Gasteiger partial charge in [-0.15, -0.1) is 0 Å². The third kappa shape index (κ3) is 2.52. The Morgan fingerprint density at radius 1 is 1.42 bits per heavy atom. The van der Waals surface area contributed by atoms with Gasteiger partial charge in [0, 0.05) is 13.1 Å². The molecule has 0 aliphatic carbocycles. The zero-order valence-electron chi connectivity index (χ0n) is 10.3. The minimum atomic E-state index is -1.03. The van der Waals surface area contributed by atoms with Crippen molar-refractivity contribution >= 4 is 11.7 Å². The van der Waals surface area contributed by atoms with Crippen molar-refractivity contribution in [2.45, 2.75) is 6.42 Å². The lowest BCUT2D eigenvalue weighted by Crippen LogP contribution is -2.33. The Morgan fingerprint density at radius 2 is 2.16 bits per heavy atom. The zero-order valence-corrected chi connectivity index (χ0v) is 10.3. The molecule has 1 heterocycles. The van der Waals surface area contributed by atoms with Crippen LogP contribution < -0.4 is 4.74 Å². The van der Waals surface area contributed by atoms with Crippen molar-refractivity contribution in [3.05, 3.63) is 35.4 Å². The molecule has 0 atom stereocenters. The first-order chi connectivity index (χ1) is 9.04. The summed E-state index contributed by atoms with van der Waals surface area (Å²) in [5.74, 6) is -1.67. The van der Waals surface area contributed by atoms with E-state index in [1.54, 1.807) is 6.08 Å². The standard InChI is InChI=1S/C13H13F2NO3/c1-19-10-3-2-9(14)12(15)11(10)8-4-6-16(7-5-8)13(17)18/h2-4H,5-7H2,1H3,(H,17,18). The van der Waals surface area contributed by atoms with Crippen LogP contribution in [0.25, 0.3) is 5.57 Å². The number of hydrogen-bond acceptors (Lipinski definition) is 2. The maximum atomic E-state index is 13.9. The Morgan fingerprint density at radius 3 is 2.68 bits per heavy atom. The molecule has 0 bridgehead atoms. The highest BCUT2D eigenvalue weighted by atomic mass is 19.2. The number of rotatable bonds is 2. The molecule has 1 aromatic rings. The molecule has 2 rings (SSSR count). The molecule has 0 radical (unpaired) electrons. The second-order valence-corrected chi connectivity index (χ2v) is 4.15. The van der Waals surface area contributed by atoms with Crippen LogP contribution in [0.15, 0.2) is 18.2 Å². The normalized spacial score (nSPS) is 15.1. The van der Waals surface area contributed by atoms with Gasteiger partial charge in [-0.1, -0.05) is 6.08 Å². The van der Waals surface area contributed by atoms with Gasteiger partial charge in [0.1, 0.15) is 5.75 Å². The fourth-order valence-electron chi connectivity index (χ4n) is 2.07. The Labute approximate surface area is 108 Å². The van der Waals surface area contributed by atoms with E-state index in [2.05, 4.69) is 0 Å². The molecule has 1 aromatic carbocycles. The van der Waals surface area contributed by atoms with Crippen LogP contribution >= 0.6 is 0 Å². The quantitative estimate of drug-likeness (QED) is 0.898. The Bertz CT molecular complexity index is 543. The van der Waals surface area contributed by atoms with Crippen molar-refractivity contribution in [1.29, 1.82) is 0 Å². The lowest BCUT2D eigenvalue weighted by atomic mass is 9.98. The van der Waals surface area contributed by atoms with Crippen molar-refractivity contribution in [2.75, 3.05) is 20.2 Å². The van der Waals surface area contributed by atoms with Crippen LogP contribution in [0.5, 0.6) is 5.75 Å². The van der Waals surface area contributed by atoms with Crippen LogP contribution in [-0.2, 0) is 0 Å². The molecule has 4 nitrogen and oxygen atoms in total. The van der Waals surface area contributed by atoms with Crippen LogP contribution in [0, 0.1) is 11.6 Å². The van der Waals surface area contributed by atoms with Gasteiger partial charge in [0.05, 0.1) is 12.7 Å². The van der Waals surface area contributed by atoms with E-state index < -0.39 is 17.7 Å². The van der Waals surface area contributed by atoms with E-state index in [9.17, 15) is 13.6 Å². The third-order valence-corrected chi connectivity index (χ3v) is 3.08. The molecule has 1 amide bonds. The van der Waals surface area contributed by atoms with Gasteiger partial charge in [-0.2, -0.15) is 0 Å². The molecular weight excluding hydrogens is 256 g/mol. The van der Waals surface area contributed by atoms with Crippen molar-refractivity contribution in [3.8, 4) is 5.75 Å². The monoisotopic (exact) mass is 269 g/mol. The second kappa shape index (κ2) is 5.26. The number of methoxy groups -OCH3 is 1. The first kappa shape index (κ1) is 13.3. The predicted octanol–water partition coefficient (Wildman–Crippen LogP) is 2.74. The molecule has 0 aromatic heterocycles. The maximum absolute atomic E-state index is 13.9. The third-order valence-electron chi connectivity index (χ3n) is 3.08. The summed E-state index contributed by atoms with van der Waals surface area (Å²) in [6.45, 7) is 0.407. The zero-order chi connectivity index (χ0) is 14.0. The molecule has 0 saturated carbocycles. The van der Waals surface area contributed by atoms with Gasteiger partial charge in [0.25, 0.3) is 0 Å². The Balaban J connectivity index is 2.38. The van der Waals surface area contributed by atoms with Crippen molar-refractivity contribution in [3.63, 3.8) is 0 Å². The fraction of sp³-hybridized carbons (Fsp3) is 0.308. The number of halogens is 2. The Kier molecular flexibility index (Phi) is 3.69. The average molecular weight is 269 g/mol. The van der Waals surface area contributed by atoms with Crippen LogP contribution in [0.1, 0.15) is 12.0 Å². The van der Waals surface area contributed by atoms with E-state index in [0.29, 0.717) is 12.0 Å². The van der Waals surface area contributed by atoms with Crippen molar-refractivity contribution in [2.24, 2.45) is 0 Å². The summed E-state index contributed by atoms with van der Waals surface area (Å²) in [6, 6.07) is 2.36. The van der Waals surface area contributed by atoms with Crippen molar-refractivity contribution < 1.29 is 23.4 Å². The summed E-state index contributed by atoms with van der Waals surface area (Å²) in [5.41, 5.74) is 0.638. The highest BCUT2D eigenvalue weighted by Gasteiger charge is 2.22. The summed E-state index contributed by atoms with van der Waals surface area (Å²) >= 11 is 0. The van der Waals surface area contributed by atoms with E-state index >= 15 is 0 Å². The van der Waals surface area contributed by atoms with E-state index in [1.807, 2.05) is 0 Å². The van der Waals surface area contributed by atoms with Crippen molar-refractivity contribution in [1.82, 2.24) is 4.90 Å². The number of carbonyl (C=O) groups is 1.